The Labute approximate surface area is 633 Å². The van der Waals surface area contributed by atoms with Crippen LogP contribution in [0.2, 0.25) is 0 Å². The van der Waals surface area contributed by atoms with E-state index in [9.17, 15) is 29.1 Å². The number of carbonyl (C=O) groups excluding carboxylic acids is 13. The summed E-state index contributed by atoms with van der Waals surface area (Å²) in [5, 5.41) is 22.6. The lowest BCUT2D eigenvalue weighted by Crippen LogP contribution is -2.63. The molecule has 2 saturated heterocycles. The Morgan fingerprint density at radius 1 is 0.477 bits per heavy atom. The van der Waals surface area contributed by atoms with Gasteiger partial charge in [-0.05, 0) is 107 Å². The molecule has 107 heavy (non-hydrogen) atoms. The van der Waals surface area contributed by atoms with Crippen LogP contribution in [0.15, 0.2) is 91.0 Å². The number of likely N-dealkylation sites (tertiary alicyclic amines) is 1. The van der Waals surface area contributed by atoms with E-state index < -0.39 is 162 Å². The van der Waals surface area contributed by atoms with E-state index in [1.807, 2.05) is 41.5 Å². The molecule has 0 unspecified atom stereocenters. The summed E-state index contributed by atoms with van der Waals surface area (Å²) < 4.78 is 0. The fourth-order valence-electron chi connectivity index (χ4n) is 13.7. The van der Waals surface area contributed by atoms with Crippen molar-refractivity contribution in [2.45, 2.75) is 226 Å². The second-order valence-electron chi connectivity index (χ2n) is 30.9. The van der Waals surface area contributed by atoms with Gasteiger partial charge in [-0.25, -0.2) is 0 Å². The van der Waals surface area contributed by atoms with Gasteiger partial charge in [0.05, 0.1) is 12.5 Å². The molecule has 590 valence electrons. The highest BCUT2D eigenvalue weighted by Gasteiger charge is 2.45. The van der Waals surface area contributed by atoms with Crippen LogP contribution in [0, 0.1) is 23.7 Å². The number of carbonyl (C=O) groups is 13. The SMILES string of the molecule is CC(C)C[C@H]1C(=O)N[C@H](C(=O)N(C)[C@@H](Cc2ccccc2)C(=O)N(C)[C@@H](Cc2ccccc2)C(=O)N[C@@H](C)C(=O)N2CCCCC2)CC(=O)N(C)[C@@H](C)C(=O)N(C)[C@@H](Cc2ccccc2)C(=O)N[C@@H]([C@@H](C)O)C(=O)N(C)[C@@H](C)C(=O)N(C)[C@@H](CC(C)C)C(=O)N(C)[C@@H](CC(C)C)C(=O)N[C@@H](C(C)C)C(=O)N1C. The smallest absolute Gasteiger partial charge is 0.248 e. The van der Waals surface area contributed by atoms with Crippen molar-refractivity contribution in [3.05, 3.63) is 108 Å². The molecule has 0 saturated carbocycles. The third kappa shape index (κ3) is 23.9. The first kappa shape index (κ1) is 88.4. The number of nitrogens with zero attached hydrogens (tertiary/aromatic N) is 9. The zero-order chi connectivity index (χ0) is 80.2. The average Bonchev–Trinajstić information content (AvgIpc) is 0.784. The molecule has 0 spiro atoms. The number of aliphatic hydroxyl groups excluding tert-OH is 1. The summed E-state index contributed by atoms with van der Waals surface area (Å²) in [6.07, 6.45) is 0.00234. The van der Waals surface area contributed by atoms with E-state index in [1.165, 1.54) is 96.8 Å². The molecule has 27 heteroatoms. The Morgan fingerprint density at radius 2 is 0.879 bits per heavy atom. The van der Waals surface area contributed by atoms with Crippen molar-refractivity contribution in [3.63, 3.8) is 0 Å². The molecule has 2 aliphatic rings. The predicted molar refractivity (Wildman–Crippen MR) is 408 cm³/mol. The van der Waals surface area contributed by atoms with Gasteiger partial charge in [0.25, 0.3) is 0 Å². The first-order chi connectivity index (χ1) is 50.2. The largest absolute Gasteiger partial charge is 0.391 e. The third-order valence-corrected chi connectivity index (χ3v) is 20.9. The summed E-state index contributed by atoms with van der Waals surface area (Å²) in [6.45, 7) is 21.2. The number of benzene rings is 3. The monoisotopic (exact) mass is 1490 g/mol. The lowest BCUT2D eigenvalue weighted by atomic mass is 9.95. The molecule has 0 aliphatic carbocycles. The topological polar surface area (TPSA) is 319 Å². The van der Waals surface area contributed by atoms with E-state index in [1.54, 1.807) is 117 Å². The van der Waals surface area contributed by atoms with E-state index in [-0.39, 0.29) is 62.2 Å². The molecular weight excluding hydrogens is 1370 g/mol. The lowest BCUT2D eigenvalue weighted by molar-refractivity contribution is -0.154. The summed E-state index contributed by atoms with van der Waals surface area (Å²) in [5.74, 6) is -11.2. The zero-order valence-corrected chi connectivity index (χ0v) is 66.7. The average molecular weight is 1490 g/mol. The van der Waals surface area contributed by atoms with Gasteiger partial charge in [-0.15, -0.1) is 0 Å². The van der Waals surface area contributed by atoms with Crippen molar-refractivity contribution in [1.29, 1.82) is 0 Å². The number of likely N-dealkylation sites (N-methyl/N-ethyl adjacent to an activating group) is 8. The highest BCUT2D eigenvalue weighted by molar-refractivity contribution is 6.01. The van der Waals surface area contributed by atoms with Crippen LogP contribution in [0.3, 0.4) is 0 Å². The van der Waals surface area contributed by atoms with Crippen molar-refractivity contribution >= 4 is 76.8 Å². The molecule has 3 aromatic carbocycles. The van der Waals surface area contributed by atoms with Crippen LogP contribution in [0.5, 0.6) is 0 Å². The Morgan fingerprint density at radius 3 is 1.36 bits per heavy atom. The number of piperidine rings is 1. The minimum absolute atomic E-state index is 0.0164. The van der Waals surface area contributed by atoms with Crippen LogP contribution >= 0.6 is 0 Å². The molecule has 13 atom stereocenters. The second kappa shape index (κ2) is 40.6. The number of amides is 13. The molecule has 2 aliphatic heterocycles. The second-order valence-corrected chi connectivity index (χ2v) is 30.9. The van der Waals surface area contributed by atoms with Gasteiger partial charge >= 0.3 is 0 Å². The van der Waals surface area contributed by atoms with E-state index in [0.717, 1.165) is 38.9 Å². The Bertz CT molecular complexity index is 3540. The van der Waals surface area contributed by atoms with Crippen LogP contribution in [0.25, 0.3) is 0 Å². The van der Waals surface area contributed by atoms with Gasteiger partial charge < -0.3 is 70.5 Å². The highest BCUT2D eigenvalue weighted by atomic mass is 16.3. The van der Waals surface area contributed by atoms with E-state index >= 15 is 38.4 Å². The van der Waals surface area contributed by atoms with Crippen molar-refractivity contribution in [3.8, 4) is 0 Å². The minimum atomic E-state index is -1.87. The van der Waals surface area contributed by atoms with Crippen LogP contribution in [-0.2, 0) is 81.6 Å². The molecule has 27 nitrogen and oxygen atoms in total. The minimum Gasteiger partial charge on any atom is -0.391 e. The van der Waals surface area contributed by atoms with Crippen LogP contribution in [0.1, 0.15) is 145 Å². The van der Waals surface area contributed by atoms with Gasteiger partial charge in [-0.2, -0.15) is 0 Å². The summed E-state index contributed by atoms with van der Waals surface area (Å²) in [7, 11) is 10.9. The number of nitrogens with one attached hydrogen (secondary N) is 4. The first-order valence-corrected chi connectivity index (χ1v) is 37.6. The van der Waals surface area contributed by atoms with Gasteiger partial charge in [0, 0.05) is 88.7 Å². The Hall–Kier alpha value is -9.27. The van der Waals surface area contributed by atoms with Gasteiger partial charge in [-0.3, -0.25) is 62.3 Å². The van der Waals surface area contributed by atoms with E-state index in [0.29, 0.717) is 29.8 Å². The van der Waals surface area contributed by atoms with Crippen molar-refractivity contribution in [1.82, 2.24) is 65.4 Å². The van der Waals surface area contributed by atoms with Gasteiger partial charge in [0.15, 0.2) is 0 Å². The van der Waals surface area contributed by atoms with Gasteiger partial charge in [0.1, 0.15) is 72.5 Å². The van der Waals surface area contributed by atoms with E-state index in [2.05, 4.69) is 21.3 Å². The normalized spacial score (nSPS) is 23.5. The highest BCUT2D eigenvalue weighted by Crippen LogP contribution is 2.25. The molecule has 0 radical (unpaired) electrons. The van der Waals surface area contributed by atoms with Gasteiger partial charge in [-0.1, -0.05) is 146 Å². The summed E-state index contributed by atoms with van der Waals surface area (Å²) in [6, 6.07) is 9.68. The summed E-state index contributed by atoms with van der Waals surface area (Å²) in [5.41, 5.74) is 1.83. The van der Waals surface area contributed by atoms with Crippen LogP contribution in [0.4, 0.5) is 0 Å². The molecule has 3 aromatic rings. The zero-order valence-electron chi connectivity index (χ0n) is 66.7. The first-order valence-electron chi connectivity index (χ1n) is 37.6. The summed E-state index contributed by atoms with van der Waals surface area (Å²) in [4.78, 5) is 207. The Kier molecular flexibility index (Phi) is 33.5. The fraction of sp³-hybridized carbons (Fsp3) is 0.613. The van der Waals surface area contributed by atoms with E-state index in [4.69, 9.17) is 0 Å². The van der Waals surface area contributed by atoms with Gasteiger partial charge in [0.2, 0.25) is 76.8 Å². The fourth-order valence-corrected chi connectivity index (χ4v) is 13.7. The maximum atomic E-state index is 16.0. The molecule has 2 fully saturated rings. The lowest BCUT2D eigenvalue weighted by Gasteiger charge is -2.39. The van der Waals surface area contributed by atoms with Crippen molar-refractivity contribution < 1.29 is 67.4 Å². The molecular formula is C80H121N13O14. The van der Waals surface area contributed by atoms with Crippen molar-refractivity contribution in [2.75, 3.05) is 69.5 Å². The molecule has 2 heterocycles. The molecule has 5 N–H and O–H groups in total. The standard InChI is InChI=1S/C80H121N13O14/c1-48(2)41-60-70(97)82-59(76(103)92(20)65(46-58-37-29-23-30-38-58)78(105)89(17)62(44-56-33-25-21-26-34-56)69(96)81-52(9)73(100)93-39-31-24-32-40-93)47-66(95)85(13)53(10)74(101)87(15)63(45-57-35-27-22-28-36-57)72(99)84-68(55(12)94)80(107)86(14)54(11)75(102)91(19)64(43-50(5)6)77(104)88(16)61(42-49(3)4)71(98)83-67(51(7)8)79(106)90(60)18/h21-23,25-30,33-38,48-55,59-65,67-68,94H,24,31-32,39-47H2,1-20H3,(H,81,96)(H,82,97)(H,83,98)(H,84,99)/t52-,53-,54-,55+,59-,60-,61-,62-,63-,64-,65-,67-,68-/m0/s1. The molecule has 0 aromatic heterocycles. The van der Waals surface area contributed by atoms with Crippen molar-refractivity contribution in [2.24, 2.45) is 23.7 Å². The number of hydrogen-bond acceptors (Lipinski definition) is 14. The number of hydrogen-bond donors (Lipinski definition) is 5. The predicted octanol–water partition coefficient (Wildman–Crippen LogP) is 3.92. The maximum Gasteiger partial charge on any atom is 0.248 e. The number of aliphatic hydroxyl groups is 1. The quantitative estimate of drug-likeness (QED) is 0.101. The molecule has 13 amide bonds. The van der Waals surface area contributed by atoms with Crippen LogP contribution in [-0.4, -0.2) is 274 Å². The molecule has 5 rings (SSSR count). The third-order valence-electron chi connectivity index (χ3n) is 20.9. The van der Waals surface area contributed by atoms with Crippen LogP contribution < -0.4 is 21.3 Å². The number of rotatable bonds is 21. The summed E-state index contributed by atoms with van der Waals surface area (Å²) >= 11 is 0. The maximum absolute atomic E-state index is 16.0. The Balaban J connectivity index is 1.72. The molecule has 0 bridgehead atoms.